The maximum atomic E-state index is 12.0. The van der Waals surface area contributed by atoms with Gasteiger partial charge in [0.15, 0.2) is 11.6 Å². The molecule has 0 bridgehead atoms. The van der Waals surface area contributed by atoms with Crippen LogP contribution in [-0.2, 0) is 9.53 Å². The largest absolute Gasteiger partial charge is 0.497 e. The Morgan fingerprint density at radius 2 is 1.89 bits per heavy atom. The number of ketones is 2. The Bertz CT molecular complexity index is 472. The molecule has 0 aliphatic carbocycles. The summed E-state index contributed by atoms with van der Waals surface area (Å²) in [7, 11) is 1.45. The fourth-order valence-electron chi connectivity index (χ4n) is 1.45. The van der Waals surface area contributed by atoms with E-state index in [0.29, 0.717) is 11.3 Å². The molecule has 94 valence electrons. The number of hydrogen-bond donors (Lipinski definition) is 0. The van der Waals surface area contributed by atoms with Crippen LogP contribution in [0.5, 0.6) is 0 Å². The average molecular weight is 244 g/mol. The summed E-state index contributed by atoms with van der Waals surface area (Å²) in [4.78, 5) is 23.9. The number of allylic oxidation sites excluding steroid dienone is 2. The van der Waals surface area contributed by atoms with Gasteiger partial charge in [0, 0.05) is 11.6 Å². The lowest BCUT2D eigenvalue weighted by Gasteiger charge is -2.07. The van der Waals surface area contributed by atoms with Gasteiger partial charge in [-0.25, -0.2) is 0 Å². The van der Waals surface area contributed by atoms with Gasteiger partial charge in [0.05, 0.1) is 13.0 Å². The molecule has 18 heavy (non-hydrogen) atoms. The summed E-state index contributed by atoms with van der Waals surface area (Å²) < 4.78 is 4.92. The highest BCUT2D eigenvalue weighted by atomic mass is 16.5. The lowest BCUT2D eigenvalue weighted by molar-refractivity contribution is -0.116. The Labute approximate surface area is 107 Å². The van der Waals surface area contributed by atoms with E-state index in [-0.39, 0.29) is 11.6 Å². The topological polar surface area (TPSA) is 43.4 Å². The van der Waals surface area contributed by atoms with Gasteiger partial charge in [0.2, 0.25) is 0 Å². The standard InChI is InChI=1S/C15H16O3/c1-4-13(18-3)10-14(16)11(2)15(17)12-8-6-5-7-9-12/h4-11H,1H2,2-3H3/b13-10+. The highest BCUT2D eigenvalue weighted by molar-refractivity contribution is 6.13. The Morgan fingerprint density at radius 1 is 1.28 bits per heavy atom. The molecule has 1 rings (SSSR count). The number of Topliss-reactive ketones (excluding diaryl/α,β-unsaturated/α-hetero) is 1. The van der Waals surface area contributed by atoms with Crippen molar-refractivity contribution in [1.82, 2.24) is 0 Å². The molecular weight excluding hydrogens is 228 g/mol. The molecule has 0 saturated heterocycles. The van der Waals surface area contributed by atoms with Crippen LogP contribution in [0, 0.1) is 5.92 Å². The third-order valence-corrected chi connectivity index (χ3v) is 2.60. The Morgan fingerprint density at radius 3 is 2.39 bits per heavy atom. The molecule has 1 unspecified atom stereocenters. The van der Waals surface area contributed by atoms with Crippen LogP contribution in [0.1, 0.15) is 17.3 Å². The van der Waals surface area contributed by atoms with Crippen LogP contribution in [0.15, 0.2) is 54.8 Å². The molecule has 0 amide bonds. The first kappa shape index (κ1) is 13.9. The van der Waals surface area contributed by atoms with Crippen molar-refractivity contribution in [3.63, 3.8) is 0 Å². The molecule has 0 aromatic heterocycles. The molecule has 0 spiro atoms. The van der Waals surface area contributed by atoms with Crippen molar-refractivity contribution in [2.45, 2.75) is 6.92 Å². The van der Waals surface area contributed by atoms with E-state index in [4.69, 9.17) is 4.74 Å². The second-order valence-electron chi connectivity index (χ2n) is 3.81. The zero-order chi connectivity index (χ0) is 13.5. The fourth-order valence-corrected chi connectivity index (χ4v) is 1.45. The van der Waals surface area contributed by atoms with Gasteiger partial charge in [-0.1, -0.05) is 36.9 Å². The van der Waals surface area contributed by atoms with Crippen molar-refractivity contribution in [1.29, 1.82) is 0 Å². The monoisotopic (exact) mass is 244 g/mol. The average Bonchev–Trinajstić information content (AvgIpc) is 2.43. The van der Waals surface area contributed by atoms with Gasteiger partial charge in [0.1, 0.15) is 5.76 Å². The molecule has 1 aromatic carbocycles. The van der Waals surface area contributed by atoms with Gasteiger partial charge in [0.25, 0.3) is 0 Å². The SMILES string of the molecule is C=C/C(=C\C(=O)C(C)C(=O)c1ccccc1)OC. The number of rotatable bonds is 6. The predicted molar refractivity (Wildman–Crippen MR) is 70.2 cm³/mol. The molecule has 1 aromatic rings. The van der Waals surface area contributed by atoms with Crippen molar-refractivity contribution in [3.05, 3.63) is 60.4 Å². The maximum absolute atomic E-state index is 12.0. The van der Waals surface area contributed by atoms with E-state index in [9.17, 15) is 9.59 Å². The molecule has 0 saturated carbocycles. The van der Waals surface area contributed by atoms with Gasteiger partial charge >= 0.3 is 0 Å². The first-order chi connectivity index (χ1) is 8.60. The van der Waals surface area contributed by atoms with E-state index in [1.165, 1.54) is 19.3 Å². The molecule has 3 heteroatoms. The van der Waals surface area contributed by atoms with Crippen molar-refractivity contribution >= 4 is 11.6 Å². The molecule has 0 N–H and O–H groups in total. The Hall–Kier alpha value is -2.16. The summed E-state index contributed by atoms with van der Waals surface area (Å²) in [6.45, 7) is 5.10. The number of carbonyl (C=O) groups excluding carboxylic acids is 2. The minimum atomic E-state index is -0.725. The first-order valence-electron chi connectivity index (χ1n) is 5.61. The van der Waals surface area contributed by atoms with Gasteiger partial charge < -0.3 is 4.74 Å². The second kappa shape index (κ2) is 6.55. The molecule has 0 aliphatic rings. The van der Waals surface area contributed by atoms with E-state index in [1.807, 2.05) is 6.07 Å². The van der Waals surface area contributed by atoms with Crippen molar-refractivity contribution in [3.8, 4) is 0 Å². The molecular formula is C15H16O3. The van der Waals surface area contributed by atoms with Crippen LogP contribution < -0.4 is 0 Å². The smallest absolute Gasteiger partial charge is 0.173 e. The number of carbonyl (C=O) groups is 2. The molecule has 1 atom stereocenters. The predicted octanol–water partition coefficient (Wildman–Crippen LogP) is 2.79. The third kappa shape index (κ3) is 3.42. The summed E-state index contributed by atoms with van der Waals surface area (Å²) in [5.41, 5.74) is 0.532. The zero-order valence-corrected chi connectivity index (χ0v) is 10.6. The van der Waals surface area contributed by atoms with Crippen LogP contribution >= 0.6 is 0 Å². The van der Waals surface area contributed by atoms with Crippen LogP contribution in [0.3, 0.4) is 0 Å². The lowest BCUT2D eigenvalue weighted by atomic mass is 9.95. The highest BCUT2D eigenvalue weighted by Gasteiger charge is 2.21. The van der Waals surface area contributed by atoms with Gasteiger partial charge in [-0.2, -0.15) is 0 Å². The van der Waals surface area contributed by atoms with E-state index in [1.54, 1.807) is 31.2 Å². The summed E-state index contributed by atoms with van der Waals surface area (Å²) in [6, 6.07) is 8.75. The van der Waals surface area contributed by atoms with Crippen molar-refractivity contribution in [2.24, 2.45) is 5.92 Å². The Kier molecular flexibility index (Phi) is 5.06. The second-order valence-corrected chi connectivity index (χ2v) is 3.81. The quantitative estimate of drug-likeness (QED) is 0.254. The Balaban J connectivity index is 2.85. The highest BCUT2D eigenvalue weighted by Crippen LogP contribution is 2.11. The molecule has 0 aliphatic heterocycles. The zero-order valence-electron chi connectivity index (χ0n) is 10.6. The fraction of sp³-hybridized carbons (Fsp3) is 0.200. The molecule has 0 fully saturated rings. The summed E-state index contributed by atoms with van der Waals surface area (Å²) in [5, 5.41) is 0. The number of methoxy groups -OCH3 is 1. The normalized spacial score (nSPS) is 12.7. The van der Waals surface area contributed by atoms with Crippen molar-refractivity contribution < 1.29 is 14.3 Å². The first-order valence-corrected chi connectivity index (χ1v) is 5.61. The van der Waals surface area contributed by atoms with E-state index >= 15 is 0 Å². The van der Waals surface area contributed by atoms with Gasteiger partial charge in [-0.05, 0) is 13.0 Å². The van der Waals surface area contributed by atoms with Crippen LogP contribution in [-0.4, -0.2) is 18.7 Å². The van der Waals surface area contributed by atoms with Gasteiger partial charge in [-0.15, -0.1) is 0 Å². The minimum absolute atomic E-state index is 0.198. The van der Waals surface area contributed by atoms with E-state index in [2.05, 4.69) is 6.58 Å². The van der Waals surface area contributed by atoms with Crippen LogP contribution in [0.2, 0.25) is 0 Å². The number of hydrogen-bond acceptors (Lipinski definition) is 3. The van der Waals surface area contributed by atoms with Gasteiger partial charge in [-0.3, -0.25) is 9.59 Å². The molecule has 0 radical (unpaired) electrons. The third-order valence-electron chi connectivity index (χ3n) is 2.60. The van der Waals surface area contributed by atoms with Crippen molar-refractivity contribution in [2.75, 3.05) is 7.11 Å². The molecule has 3 nitrogen and oxygen atoms in total. The minimum Gasteiger partial charge on any atom is -0.497 e. The summed E-state index contributed by atoms with van der Waals surface area (Å²) >= 11 is 0. The van der Waals surface area contributed by atoms with E-state index in [0.717, 1.165) is 0 Å². The summed E-state index contributed by atoms with van der Waals surface area (Å²) in [6.07, 6.45) is 2.72. The van der Waals surface area contributed by atoms with Crippen LogP contribution in [0.25, 0.3) is 0 Å². The lowest BCUT2D eigenvalue weighted by Crippen LogP contribution is -2.20. The van der Waals surface area contributed by atoms with E-state index < -0.39 is 5.92 Å². The van der Waals surface area contributed by atoms with Crippen LogP contribution in [0.4, 0.5) is 0 Å². The molecule has 0 heterocycles. The number of benzene rings is 1. The summed E-state index contributed by atoms with van der Waals surface area (Å²) in [5.74, 6) is -0.859. The maximum Gasteiger partial charge on any atom is 0.173 e. The number of ether oxygens (including phenoxy) is 1.